The second-order valence-corrected chi connectivity index (χ2v) is 7.56. The van der Waals surface area contributed by atoms with Crippen molar-refractivity contribution in [3.05, 3.63) is 34.6 Å². The van der Waals surface area contributed by atoms with Crippen molar-refractivity contribution in [1.82, 2.24) is 5.32 Å². The number of hydrogen-bond acceptors (Lipinski definition) is 2. The zero-order valence-corrected chi connectivity index (χ0v) is 14.1. The van der Waals surface area contributed by atoms with Gasteiger partial charge in [0.2, 0.25) is 0 Å². The maximum Gasteiger partial charge on any atom is 0.141 e. The Hall–Kier alpha value is -0.640. The molecule has 1 aliphatic heterocycles. The Labute approximate surface area is 132 Å². The van der Waals surface area contributed by atoms with Gasteiger partial charge in [0.1, 0.15) is 5.82 Å². The largest absolute Gasteiger partial charge is 0.378 e. The highest BCUT2D eigenvalue weighted by molar-refractivity contribution is 6.30. The van der Waals surface area contributed by atoms with Crippen LogP contribution in [0.4, 0.5) is 4.39 Å². The van der Waals surface area contributed by atoms with Crippen molar-refractivity contribution < 1.29 is 9.13 Å². The van der Waals surface area contributed by atoms with Crippen molar-refractivity contribution in [3.63, 3.8) is 0 Å². The van der Waals surface area contributed by atoms with Crippen LogP contribution in [0.2, 0.25) is 5.02 Å². The Balaban J connectivity index is 2.18. The maximum atomic E-state index is 13.3. The Morgan fingerprint density at radius 2 is 2.14 bits per heavy atom. The third-order valence-corrected chi connectivity index (χ3v) is 4.63. The van der Waals surface area contributed by atoms with Crippen molar-refractivity contribution in [2.75, 3.05) is 13.2 Å². The van der Waals surface area contributed by atoms with E-state index in [-0.39, 0.29) is 27.9 Å². The van der Waals surface area contributed by atoms with Gasteiger partial charge in [-0.3, -0.25) is 0 Å². The molecule has 0 radical (unpaired) electrons. The third-order valence-electron chi connectivity index (χ3n) is 4.34. The van der Waals surface area contributed by atoms with E-state index in [0.29, 0.717) is 0 Å². The molecule has 0 spiro atoms. The highest BCUT2D eigenvalue weighted by Gasteiger charge is 2.41. The molecule has 0 amide bonds. The Morgan fingerprint density at radius 1 is 1.43 bits per heavy atom. The first-order valence-corrected chi connectivity index (χ1v) is 7.90. The average molecular weight is 314 g/mol. The fourth-order valence-electron chi connectivity index (χ4n) is 2.84. The standard InChI is InChI=1S/C17H25ClFNO/c1-12-17(7-8-21-12,11-20-16(2,3)4)10-13-5-6-15(19)14(18)9-13/h5-6,9,12,20H,7-8,10-11H2,1-4H3. The molecule has 0 aromatic heterocycles. The molecule has 1 heterocycles. The summed E-state index contributed by atoms with van der Waals surface area (Å²) in [7, 11) is 0. The van der Waals surface area contributed by atoms with E-state index in [9.17, 15) is 4.39 Å². The summed E-state index contributed by atoms with van der Waals surface area (Å²) in [6, 6.07) is 5.01. The van der Waals surface area contributed by atoms with Gasteiger partial charge in [-0.1, -0.05) is 17.7 Å². The summed E-state index contributed by atoms with van der Waals surface area (Å²) in [5.41, 5.74) is 1.17. The summed E-state index contributed by atoms with van der Waals surface area (Å²) in [5.74, 6) is -0.363. The van der Waals surface area contributed by atoms with Gasteiger partial charge in [-0.05, 0) is 58.2 Å². The molecule has 2 rings (SSSR count). The van der Waals surface area contributed by atoms with Gasteiger partial charge in [0.25, 0.3) is 0 Å². The molecule has 1 saturated heterocycles. The van der Waals surface area contributed by atoms with Crippen LogP contribution in [-0.2, 0) is 11.2 Å². The summed E-state index contributed by atoms with van der Waals surface area (Å²) < 4.78 is 19.1. The molecule has 2 unspecified atom stereocenters. The molecule has 1 aromatic carbocycles. The van der Waals surface area contributed by atoms with Crippen LogP contribution in [0.15, 0.2) is 18.2 Å². The van der Waals surface area contributed by atoms with E-state index < -0.39 is 0 Å². The quantitative estimate of drug-likeness (QED) is 0.899. The summed E-state index contributed by atoms with van der Waals surface area (Å²) in [6.07, 6.45) is 2.03. The van der Waals surface area contributed by atoms with Gasteiger partial charge in [0, 0.05) is 24.1 Å². The van der Waals surface area contributed by atoms with E-state index >= 15 is 0 Å². The molecule has 21 heavy (non-hydrogen) atoms. The minimum Gasteiger partial charge on any atom is -0.378 e. The first-order chi connectivity index (χ1) is 9.72. The average Bonchev–Trinajstić information content (AvgIpc) is 2.73. The van der Waals surface area contributed by atoms with Gasteiger partial charge in [0.15, 0.2) is 0 Å². The molecule has 0 saturated carbocycles. The molecule has 2 atom stereocenters. The van der Waals surface area contributed by atoms with Crippen molar-refractivity contribution in [2.45, 2.75) is 52.2 Å². The highest BCUT2D eigenvalue weighted by Crippen LogP contribution is 2.38. The third kappa shape index (κ3) is 4.18. The highest BCUT2D eigenvalue weighted by atomic mass is 35.5. The molecule has 0 bridgehead atoms. The van der Waals surface area contributed by atoms with E-state index in [0.717, 1.165) is 31.6 Å². The minimum atomic E-state index is -0.363. The second kappa shape index (κ2) is 6.23. The van der Waals surface area contributed by atoms with Gasteiger partial charge < -0.3 is 10.1 Å². The molecule has 1 aliphatic rings. The van der Waals surface area contributed by atoms with Crippen molar-refractivity contribution in [3.8, 4) is 0 Å². The van der Waals surface area contributed by atoms with Crippen LogP contribution in [0, 0.1) is 11.2 Å². The molecular weight excluding hydrogens is 289 g/mol. The number of hydrogen-bond donors (Lipinski definition) is 1. The van der Waals surface area contributed by atoms with E-state index in [1.165, 1.54) is 6.07 Å². The normalized spacial score (nSPS) is 26.3. The molecule has 1 aromatic rings. The van der Waals surface area contributed by atoms with Crippen molar-refractivity contribution >= 4 is 11.6 Å². The predicted molar refractivity (Wildman–Crippen MR) is 85.3 cm³/mol. The van der Waals surface area contributed by atoms with Crippen LogP contribution in [0.1, 0.15) is 39.7 Å². The Kier molecular flexibility index (Phi) is 4.96. The number of benzene rings is 1. The smallest absolute Gasteiger partial charge is 0.141 e. The second-order valence-electron chi connectivity index (χ2n) is 7.15. The molecule has 1 N–H and O–H groups in total. The van der Waals surface area contributed by atoms with Crippen molar-refractivity contribution in [1.29, 1.82) is 0 Å². The van der Waals surface area contributed by atoms with E-state index in [2.05, 4.69) is 33.0 Å². The van der Waals surface area contributed by atoms with Crippen LogP contribution >= 0.6 is 11.6 Å². The number of nitrogens with one attached hydrogen (secondary N) is 1. The number of halogens is 2. The summed E-state index contributed by atoms with van der Waals surface area (Å²) in [6.45, 7) is 10.3. The van der Waals surface area contributed by atoms with Crippen molar-refractivity contribution in [2.24, 2.45) is 5.41 Å². The first-order valence-electron chi connectivity index (χ1n) is 7.52. The lowest BCUT2D eigenvalue weighted by Gasteiger charge is -2.36. The Morgan fingerprint density at radius 3 is 2.67 bits per heavy atom. The number of rotatable bonds is 4. The molecule has 2 nitrogen and oxygen atoms in total. The van der Waals surface area contributed by atoms with E-state index in [1.54, 1.807) is 6.07 Å². The van der Waals surface area contributed by atoms with E-state index in [1.807, 2.05) is 6.07 Å². The lowest BCUT2D eigenvalue weighted by molar-refractivity contribution is 0.0598. The Bertz CT molecular complexity index is 500. The van der Waals surface area contributed by atoms with Crippen LogP contribution in [0.3, 0.4) is 0 Å². The molecular formula is C17H25ClFNO. The summed E-state index contributed by atoms with van der Waals surface area (Å²) >= 11 is 5.91. The fraction of sp³-hybridized carbons (Fsp3) is 0.647. The lowest BCUT2D eigenvalue weighted by atomic mass is 9.75. The molecule has 118 valence electrons. The zero-order chi connectivity index (χ0) is 15.7. The van der Waals surface area contributed by atoms with Crippen LogP contribution in [-0.4, -0.2) is 24.8 Å². The van der Waals surface area contributed by atoms with Gasteiger partial charge >= 0.3 is 0 Å². The van der Waals surface area contributed by atoms with Gasteiger partial charge in [-0.15, -0.1) is 0 Å². The molecule has 0 aliphatic carbocycles. The zero-order valence-electron chi connectivity index (χ0n) is 13.3. The summed E-state index contributed by atoms with van der Waals surface area (Å²) in [4.78, 5) is 0. The minimum absolute atomic E-state index is 0.0361. The van der Waals surface area contributed by atoms with E-state index in [4.69, 9.17) is 16.3 Å². The predicted octanol–water partition coefficient (Wildman–Crippen LogP) is 4.20. The van der Waals surface area contributed by atoms with Crippen LogP contribution in [0.5, 0.6) is 0 Å². The van der Waals surface area contributed by atoms with Crippen LogP contribution in [0.25, 0.3) is 0 Å². The molecule has 4 heteroatoms. The van der Waals surface area contributed by atoms with Gasteiger partial charge in [0.05, 0.1) is 11.1 Å². The lowest BCUT2D eigenvalue weighted by Crippen LogP contribution is -2.47. The van der Waals surface area contributed by atoms with Gasteiger partial charge in [-0.25, -0.2) is 4.39 Å². The maximum absolute atomic E-state index is 13.3. The fourth-order valence-corrected chi connectivity index (χ4v) is 3.05. The summed E-state index contributed by atoms with van der Waals surface area (Å²) in [5, 5.41) is 3.79. The topological polar surface area (TPSA) is 21.3 Å². The molecule has 1 fully saturated rings. The first kappa shape index (κ1) is 16.7. The van der Waals surface area contributed by atoms with Gasteiger partial charge in [-0.2, -0.15) is 0 Å². The van der Waals surface area contributed by atoms with Crippen LogP contribution < -0.4 is 5.32 Å². The monoisotopic (exact) mass is 313 g/mol. The number of ether oxygens (including phenoxy) is 1. The SMILES string of the molecule is CC1OCCC1(CNC(C)(C)C)Cc1ccc(F)c(Cl)c1.